The first kappa shape index (κ1) is 8.97. The minimum atomic E-state index is 0.459. The molecular formula is C13H11N3. The summed E-state index contributed by atoms with van der Waals surface area (Å²) >= 11 is 0. The van der Waals surface area contributed by atoms with Gasteiger partial charge in [-0.2, -0.15) is 0 Å². The Morgan fingerprint density at radius 1 is 0.875 bits per heavy atom. The van der Waals surface area contributed by atoms with Gasteiger partial charge >= 0.3 is 0 Å². The Hall–Kier alpha value is -2.29. The summed E-state index contributed by atoms with van der Waals surface area (Å²) in [5.41, 5.74) is 13.1. The lowest BCUT2D eigenvalue weighted by Gasteiger charge is -2.05. The van der Waals surface area contributed by atoms with Crippen LogP contribution in [0.1, 0.15) is 0 Å². The van der Waals surface area contributed by atoms with Crippen molar-refractivity contribution in [2.75, 3.05) is 11.5 Å². The monoisotopic (exact) mass is 209 g/mol. The lowest BCUT2D eigenvalue weighted by Crippen LogP contribution is -1.95. The van der Waals surface area contributed by atoms with Crippen molar-refractivity contribution in [3.05, 3.63) is 42.5 Å². The highest BCUT2D eigenvalue weighted by Crippen LogP contribution is 2.26. The molecule has 2 aromatic carbocycles. The summed E-state index contributed by atoms with van der Waals surface area (Å²) in [7, 11) is 0. The Morgan fingerprint density at radius 2 is 1.56 bits per heavy atom. The van der Waals surface area contributed by atoms with Gasteiger partial charge in [-0.3, -0.25) is 0 Å². The molecule has 0 aliphatic heterocycles. The maximum Gasteiger partial charge on any atom is 0.126 e. The van der Waals surface area contributed by atoms with Crippen molar-refractivity contribution < 1.29 is 0 Å². The van der Waals surface area contributed by atoms with E-state index in [1.165, 1.54) is 0 Å². The third kappa shape index (κ3) is 1.26. The van der Waals surface area contributed by atoms with Gasteiger partial charge in [0.05, 0.1) is 5.52 Å². The van der Waals surface area contributed by atoms with E-state index in [0.29, 0.717) is 11.5 Å². The molecule has 0 aliphatic rings. The van der Waals surface area contributed by atoms with Crippen LogP contribution in [0, 0.1) is 0 Å². The molecule has 0 radical (unpaired) electrons. The van der Waals surface area contributed by atoms with Crippen LogP contribution in [0.5, 0.6) is 0 Å². The Morgan fingerprint density at radius 3 is 2.31 bits per heavy atom. The molecule has 3 nitrogen and oxygen atoms in total. The van der Waals surface area contributed by atoms with E-state index in [-0.39, 0.29) is 0 Å². The molecule has 0 saturated heterocycles. The van der Waals surface area contributed by atoms with Gasteiger partial charge in [-0.15, -0.1) is 0 Å². The predicted molar refractivity (Wildman–Crippen MR) is 68.1 cm³/mol. The number of nitrogen functional groups attached to an aromatic ring is 2. The number of anilines is 2. The molecular weight excluding hydrogens is 198 g/mol. The molecule has 3 heteroatoms. The molecule has 0 fully saturated rings. The second kappa shape index (κ2) is 3.10. The van der Waals surface area contributed by atoms with Crippen molar-refractivity contribution in [1.29, 1.82) is 0 Å². The largest absolute Gasteiger partial charge is 0.398 e. The fourth-order valence-corrected chi connectivity index (χ4v) is 1.96. The van der Waals surface area contributed by atoms with Crippen molar-refractivity contribution >= 4 is 33.2 Å². The van der Waals surface area contributed by atoms with Gasteiger partial charge in [0.2, 0.25) is 0 Å². The fourth-order valence-electron chi connectivity index (χ4n) is 1.96. The molecule has 0 aliphatic carbocycles. The SMILES string of the molecule is Nc1cc(N)c2cc3ccccc3cc2n1. The third-order valence-electron chi connectivity index (χ3n) is 2.73. The lowest BCUT2D eigenvalue weighted by molar-refractivity contribution is 1.42. The average Bonchev–Trinajstić information content (AvgIpc) is 2.27. The zero-order chi connectivity index (χ0) is 11.1. The number of fused-ring (bicyclic) bond motifs is 2. The smallest absolute Gasteiger partial charge is 0.126 e. The number of nitrogens with two attached hydrogens (primary N) is 2. The van der Waals surface area contributed by atoms with Gasteiger partial charge in [-0.25, -0.2) is 4.98 Å². The van der Waals surface area contributed by atoms with Crippen LogP contribution in [0.25, 0.3) is 21.7 Å². The summed E-state index contributed by atoms with van der Waals surface area (Å²) in [6.07, 6.45) is 0. The highest BCUT2D eigenvalue weighted by molar-refractivity contribution is 6.02. The topological polar surface area (TPSA) is 64.9 Å². The number of hydrogen-bond donors (Lipinski definition) is 2. The molecule has 1 aromatic heterocycles. The molecule has 78 valence electrons. The summed E-state index contributed by atoms with van der Waals surface area (Å²) < 4.78 is 0. The first-order valence-electron chi connectivity index (χ1n) is 5.08. The summed E-state index contributed by atoms with van der Waals surface area (Å²) in [6.45, 7) is 0. The standard InChI is InChI=1S/C13H11N3/c14-11-7-13(15)16-12-6-9-4-2-1-3-8(9)5-10(11)12/h1-7H,(H4,14,15,16). The highest BCUT2D eigenvalue weighted by Gasteiger charge is 2.03. The van der Waals surface area contributed by atoms with Gasteiger partial charge in [0.15, 0.2) is 0 Å². The van der Waals surface area contributed by atoms with Crippen molar-refractivity contribution in [2.45, 2.75) is 0 Å². The van der Waals surface area contributed by atoms with E-state index in [2.05, 4.69) is 17.1 Å². The molecule has 3 rings (SSSR count). The third-order valence-corrected chi connectivity index (χ3v) is 2.73. The number of rotatable bonds is 0. The Labute approximate surface area is 92.7 Å². The lowest BCUT2D eigenvalue weighted by atomic mass is 10.1. The zero-order valence-corrected chi connectivity index (χ0v) is 8.64. The van der Waals surface area contributed by atoms with Crippen LogP contribution in [-0.2, 0) is 0 Å². The van der Waals surface area contributed by atoms with Gasteiger partial charge in [-0.1, -0.05) is 24.3 Å². The van der Waals surface area contributed by atoms with E-state index in [4.69, 9.17) is 11.5 Å². The minimum Gasteiger partial charge on any atom is -0.398 e. The van der Waals surface area contributed by atoms with E-state index in [1.807, 2.05) is 24.3 Å². The molecule has 0 saturated carbocycles. The highest BCUT2D eigenvalue weighted by atomic mass is 14.8. The van der Waals surface area contributed by atoms with E-state index in [1.54, 1.807) is 6.07 Å². The molecule has 3 aromatic rings. The van der Waals surface area contributed by atoms with Crippen molar-refractivity contribution in [3.8, 4) is 0 Å². The van der Waals surface area contributed by atoms with Crippen LogP contribution in [0.4, 0.5) is 11.5 Å². The summed E-state index contributed by atoms with van der Waals surface area (Å²) in [4.78, 5) is 4.28. The maximum atomic E-state index is 5.93. The van der Waals surface area contributed by atoms with Gasteiger partial charge in [0.1, 0.15) is 5.82 Å². The molecule has 0 atom stereocenters. The van der Waals surface area contributed by atoms with Crippen LogP contribution >= 0.6 is 0 Å². The quantitative estimate of drug-likeness (QED) is 0.559. The molecule has 0 unspecified atom stereocenters. The van der Waals surface area contributed by atoms with Crippen LogP contribution in [0.2, 0.25) is 0 Å². The molecule has 1 heterocycles. The maximum absolute atomic E-state index is 5.93. The molecule has 0 amide bonds. The second-order valence-corrected chi connectivity index (χ2v) is 3.85. The first-order valence-corrected chi connectivity index (χ1v) is 5.08. The first-order chi connectivity index (χ1) is 7.74. The van der Waals surface area contributed by atoms with Crippen molar-refractivity contribution in [3.63, 3.8) is 0 Å². The van der Waals surface area contributed by atoms with Crippen LogP contribution in [0.3, 0.4) is 0 Å². The summed E-state index contributed by atoms with van der Waals surface area (Å²) in [6, 6.07) is 13.9. The average molecular weight is 209 g/mol. The molecule has 16 heavy (non-hydrogen) atoms. The Kier molecular flexibility index (Phi) is 1.74. The van der Waals surface area contributed by atoms with Gasteiger partial charge in [0, 0.05) is 17.1 Å². The van der Waals surface area contributed by atoms with E-state index in [9.17, 15) is 0 Å². The van der Waals surface area contributed by atoms with E-state index >= 15 is 0 Å². The number of benzene rings is 2. The van der Waals surface area contributed by atoms with Crippen LogP contribution in [0.15, 0.2) is 42.5 Å². The minimum absolute atomic E-state index is 0.459. The zero-order valence-electron chi connectivity index (χ0n) is 8.64. The normalized spacial score (nSPS) is 11.0. The van der Waals surface area contributed by atoms with E-state index < -0.39 is 0 Å². The molecule has 0 bridgehead atoms. The van der Waals surface area contributed by atoms with Gasteiger partial charge in [-0.05, 0) is 22.9 Å². The Bertz CT molecular complexity index is 689. The van der Waals surface area contributed by atoms with Crippen LogP contribution < -0.4 is 11.5 Å². The number of hydrogen-bond acceptors (Lipinski definition) is 3. The van der Waals surface area contributed by atoms with E-state index in [0.717, 1.165) is 21.7 Å². The number of aromatic nitrogens is 1. The number of pyridine rings is 1. The number of nitrogens with zero attached hydrogens (tertiary/aromatic N) is 1. The predicted octanol–water partition coefficient (Wildman–Crippen LogP) is 2.55. The summed E-state index contributed by atoms with van der Waals surface area (Å²) in [5.74, 6) is 0.459. The Balaban J connectivity index is 2.51. The summed E-state index contributed by atoms with van der Waals surface area (Å²) in [5, 5.41) is 3.26. The van der Waals surface area contributed by atoms with Crippen molar-refractivity contribution in [1.82, 2.24) is 4.98 Å². The van der Waals surface area contributed by atoms with Crippen LogP contribution in [-0.4, -0.2) is 4.98 Å². The van der Waals surface area contributed by atoms with Crippen molar-refractivity contribution in [2.24, 2.45) is 0 Å². The van der Waals surface area contributed by atoms with Gasteiger partial charge < -0.3 is 11.5 Å². The van der Waals surface area contributed by atoms with Gasteiger partial charge in [0.25, 0.3) is 0 Å². The molecule has 0 spiro atoms. The second-order valence-electron chi connectivity index (χ2n) is 3.85. The fraction of sp³-hybridized carbons (Fsp3) is 0. The molecule has 4 N–H and O–H groups in total.